The van der Waals surface area contributed by atoms with Gasteiger partial charge in [-0.15, -0.1) is 0 Å². The molecule has 0 aliphatic carbocycles. The fourth-order valence-electron chi connectivity index (χ4n) is 1.77. The van der Waals surface area contributed by atoms with Gasteiger partial charge in [0.1, 0.15) is 0 Å². The maximum Gasteiger partial charge on any atom is 0.181 e. The lowest BCUT2D eigenvalue weighted by molar-refractivity contribution is -0.111. The van der Waals surface area contributed by atoms with Gasteiger partial charge < -0.3 is 5.73 Å². The van der Waals surface area contributed by atoms with Crippen molar-refractivity contribution in [3.8, 4) is 0 Å². The zero-order valence-electron chi connectivity index (χ0n) is 11.1. The maximum atomic E-state index is 12.0. The van der Waals surface area contributed by atoms with E-state index in [1.165, 1.54) is 6.08 Å². The number of allylic oxidation sites excluding steroid dienone is 2. The number of nitrogen functional groups attached to an aromatic ring is 1. The second-order valence-electron chi connectivity index (χ2n) is 4.43. The highest BCUT2D eigenvalue weighted by Crippen LogP contribution is 2.15. The lowest BCUT2D eigenvalue weighted by atomic mass is 10.0. The SMILES string of the molecule is C=C(Cc1ccccc1N)C(=O)/C=C/c1ccccn1. The fraction of sp³-hybridized carbons (Fsp3) is 0.0588. The van der Waals surface area contributed by atoms with Crippen molar-refractivity contribution in [3.05, 3.63) is 78.1 Å². The minimum absolute atomic E-state index is 0.112. The van der Waals surface area contributed by atoms with E-state index in [0.717, 1.165) is 11.3 Å². The van der Waals surface area contributed by atoms with Crippen molar-refractivity contribution in [1.29, 1.82) is 0 Å². The first-order chi connectivity index (χ1) is 9.66. The molecule has 3 nitrogen and oxygen atoms in total. The smallest absolute Gasteiger partial charge is 0.181 e. The topological polar surface area (TPSA) is 56.0 Å². The van der Waals surface area contributed by atoms with Crippen molar-refractivity contribution in [2.45, 2.75) is 6.42 Å². The van der Waals surface area contributed by atoms with E-state index in [1.807, 2.05) is 42.5 Å². The van der Waals surface area contributed by atoms with Gasteiger partial charge in [-0.05, 0) is 41.5 Å². The summed E-state index contributed by atoms with van der Waals surface area (Å²) < 4.78 is 0. The Balaban J connectivity index is 2.01. The molecule has 1 heterocycles. The molecule has 3 heteroatoms. The number of pyridine rings is 1. The largest absolute Gasteiger partial charge is 0.398 e. The van der Waals surface area contributed by atoms with Crippen LogP contribution in [0, 0.1) is 0 Å². The molecule has 0 aliphatic rings. The van der Waals surface area contributed by atoms with Crippen LogP contribution >= 0.6 is 0 Å². The third-order valence-electron chi connectivity index (χ3n) is 2.90. The van der Waals surface area contributed by atoms with E-state index in [1.54, 1.807) is 12.3 Å². The fourth-order valence-corrected chi connectivity index (χ4v) is 1.77. The Labute approximate surface area is 118 Å². The Hall–Kier alpha value is -2.68. The van der Waals surface area contributed by atoms with E-state index in [9.17, 15) is 4.79 Å². The summed E-state index contributed by atoms with van der Waals surface area (Å²) in [7, 11) is 0. The third kappa shape index (κ3) is 3.65. The van der Waals surface area contributed by atoms with E-state index >= 15 is 0 Å². The molecule has 0 atom stereocenters. The van der Waals surface area contributed by atoms with E-state index in [2.05, 4.69) is 11.6 Å². The summed E-state index contributed by atoms with van der Waals surface area (Å²) in [6.45, 7) is 3.83. The molecule has 0 amide bonds. The second kappa shape index (κ2) is 6.48. The number of ketones is 1. The molecule has 2 aromatic rings. The number of hydrogen-bond donors (Lipinski definition) is 1. The molecule has 0 bridgehead atoms. The summed E-state index contributed by atoms with van der Waals surface area (Å²) in [5, 5.41) is 0. The van der Waals surface area contributed by atoms with Crippen LogP contribution in [0.2, 0.25) is 0 Å². The molecule has 0 unspecified atom stereocenters. The number of rotatable bonds is 5. The average molecular weight is 264 g/mol. The molecule has 0 fully saturated rings. The van der Waals surface area contributed by atoms with Gasteiger partial charge in [0.25, 0.3) is 0 Å². The molecule has 0 saturated carbocycles. The van der Waals surface area contributed by atoms with Gasteiger partial charge >= 0.3 is 0 Å². The minimum Gasteiger partial charge on any atom is -0.398 e. The zero-order chi connectivity index (χ0) is 14.4. The van der Waals surface area contributed by atoms with Crippen molar-refractivity contribution in [1.82, 2.24) is 4.98 Å². The molecule has 1 aromatic heterocycles. The Morgan fingerprint density at radius 2 is 1.95 bits per heavy atom. The Kier molecular flexibility index (Phi) is 4.45. The van der Waals surface area contributed by atoms with Crippen LogP contribution in [0.15, 0.2) is 66.9 Å². The van der Waals surface area contributed by atoms with E-state index in [-0.39, 0.29) is 5.78 Å². The standard InChI is InChI=1S/C17H16N2O/c1-13(12-14-6-2-3-8-16(14)18)17(20)10-9-15-7-4-5-11-19-15/h2-11H,1,12,18H2/b10-9+. The molecule has 20 heavy (non-hydrogen) atoms. The summed E-state index contributed by atoms with van der Waals surface area (Å²) in [5.74, 6) is -0.112. The summed E-state index contributed by atoms with van der Waals surface area (Å²) in [6, 6.07) is 13.0. The molecule has 0 spiro atoms. The summed E-state index contributed by atoms with van der Waals surface area (Å²) in [5.41, 5.74) is 8.70. The predicted molar refractivity (Wildman–Crippen MR) is 82.0 cm³/mol. The lowest BCUT2D eigenvalue weighted by Crippen LogP contribution is -2.03. The highest BCUT2D eigenvalue weighted by molar-refractivity contribution is 6.06. The number of carbonyl (C=O) groups is 1. The predicted octanol–water partition coefficient (Wildman–Crippen LogP) is 3.05. The van der Waals surface area contributed by atoms with Crippen LogP contribution in [-0.4, -0.2) is 10.8 Å². The van der Waals surface area contributed by atoms with Crippen molar-refractivity contribution in [2.75, 3.05) is 5.73 Å². The monoisotopic (exact) mass is 264 g/mol. The molecule has 0 aliphatic heterocycles. The van der Waals surface area contributed by atoms with Crippen LogP contribution in [0.3, 0.4) is 0 Å². The van der Waals surface area contributed by atoms with Crippen LogP contribution in [0.4, 0.5) is 5.69 Å². The summed E-state index contributed by atoms with van der Waals surface area (Å²) >= 11 is 0. The molecular formula is C17H16N2O. The number of nitrogens with zero attached hydrogens (tertiary/aromatic N) is 1. The molecule has 0 saturated heterocycles. The van der Waals surface area contributed by atoms with Crippen molar-refractivity contribution < 1.29 is 4.79 Å². The zero-order valence-corrected chi connectivity index (χ0v) is 11.1. The van der Waals surface area contributed by atoms with Crippen molar-refractivity contribution in [3.63, 3.8) is 0 Å². The molecule has 2 rings (SSSR count). The number of hydrogen-bond acceptors (Lipinski definition) is 3. The number of carbonyl (C=O) groups excluding carboxylic acids is 1. The van der Waals surface area contributed by atoms with E-state index in [0.29, 0.717) is 17.7 Å². The molecule has 100 valence electrons. The van der Waals surface area contributed by atoms with Crippen molar-refractivity contribution in [2.24, 2.45) is 0 Å². The van der Waals surface area contributed by atoms with Crippen LogP contribution in [0.5, 0.6) is 0 Å². The lowest BCUT2D eigenvalue weighted by Gasteiger charge is -2.05. The molecular weight excluding hydrogens is 248 g/mol. The molecule has 2 N–H and O–H groups in total. The van der Waals surface area contributed by atoms with Gasteiger partial charge in [0.2, 0.25) is 0 Å². The Bertz CT molecular complexity index is 645. The van der Waals surface area contributed by atoms with Gasteiger partial charge in [0.15, 0.2) is 5.78 Å². The number of para-hydroxylation sites is 1. The Morgan fingerprint density at radius 3 is 2.65 bits per heavy atom. The quantitative estimate of drug-likeness (QED) is 0.667. The van der Waals surface area contributed by atoms with Gasteiger partial charge in [-0.1, -0.05) is 30.8 Å². The number of nitrogens with two attached hydrogens (primary N) is 1. The van der Waals surface area contributed by atoms with Gasteiger partial charge in [-0.3, -0.25) is 9.78 Å². The number of aromatic nitrogens is 1. The van der Waals surface area contributed by atoms with Gasteiger partial charge in [-0.2, -0.15) is 0 Å². The summed E-state index contributed by atoms with van der Waals surface area (Å²) in [4.78, 5) is 16.1. The van der Waals surface area contributed by atoms with Crippen LogP contribution < -0.4 is 5.73 Å². The summed E-state index contributed by atoms with van der Waals surface area (Å²) in [6.07, 6.45) is 5.31. The molecule has 1 aromatic carbocycles. The highest BCUT2D eigenvalue weighted by Gasteiger charge is 2.06. The van der Waals surface area contributed by atoms with E-state index < -0.39 is 0 Å². The first kappa shape index (κ1) is 13.7. The molecule has 0 radical (unpaired) electrons. The third-order valence-corrected chi connectivity index (χ3v) is 2.90. The van der Waals surface area contributed by atoms with Crippen LogP contribution in [0.1, 0.15) is 11.3 Å². The first-order valence-corrected chi connectivity index (χ1v) is 6.31. The average Bonchev–Trinajstić information content (AvgIpc) is 2.48. The van der Waals surface area contributed by atoms with E-state index in [4.69, 9.17) is 5.73 Å². The van der Waals surface area contributed by atoms with Gasteiger partial charge in [0.05, 0.1) is 5.69 Å². The maximum absolute atomic E-state index is 12.0. The number of anilines is 1. The Morgan fingerprint density at radius 1 is 1.20 bits per heavy atom. The number of benzene rings is 1. The second-order valence-corrected chi connectivity index (χ2v) is 4.43. The van der Waals surface area contributed by atoms with Crippen molar-refractivity contribution >= 4 is 17.5 Å². The normalized spacial score (nSPS) is 10.6. The van der Waals surface area contributed by atoms with Gasteiger partial charge in [0, 0.05) is 18.3 Å². The minimum atomic E-state index is -0.112. The highest BCUT2D eigenvalue weighted by atomic mass is 16.1. The first-order valence-electron chi connectivity index (χ1n) is 6.31. The van der Waals surface area contributed by atoms with Gasteiger partial charge in [-0.25, -0.2) is 0 Å². The van der Waals surface area contributed by atoms with Crippen LogP contribution in [0.25, 0.3) is 6.08 Å². The van der Waals surface area contributed by atoms with Crippen LogP contribution in [-0.2, 0) is 11.2 Å².